The molecule has 8 heteroatoms. The Kier molecular flexibility index (Phi) is 3.70. The van der Waals surface area contributed by atoms with Crippen LogP contribution in [0.15, 0.2) is 12.4 Å². The molecular weight excluding hydrogens is 270 g/mol. The second kappa shape index (κ2) is 5.12. The highest BCUT2D eigenvalue weighted by Gasteiger charge is 2.34. The van der Waals surface area contributed by atoms with Gasteiger partial charge in [-0.05, 0) is 13.3 Å². The quantitative estimate of drug-likeness (QED) is 0.821. The first-order valence-corrected chi connectivity index (χ1v) is 7.67. The number of nitrogens with zero attached hydrogens (tertiary/aromatic N) is 3. The standard InChI is InChI=1S/C11H15N3O4S/c1-8-11(13-4-3-12-8)14(6-10(15)16)9-2-5-19(17,18)7-9/h3-4,9H,2,5-7H2,1H3,(H,15,16). The van der Waals surface area contributed by atoms with E-state index in [1.807, 2.05) is 0 Å². The summed E-state index contributed by atoms with van der Waals surface area (Å²) in [6, 6.07) is -0.350. The summed E-state index contributed by atoms with van der Waals surface area (Å²) < 4.78 is 23.1. The molecule has 1 atom stereocenters. The summed E-state index contributed by atoms with van der Waals surface area (Å²) in [4.78, 5) is 20.7. The third kappa shape index (κ3) is 3.19. The number of hydrogen-bond acceptors (Lipinski definition) is 6. The number of aryl methyl sites for hydroxylation is 1. The molecule has 1 fully saturated rings. The molecule has 7 nitrogen and oxygen atoms in total. The minimum atomic E-state index is -3.08. The second-order valence-electron chi connectivity index (χ2n) is 4.54. The third-order valence-electron chi connectivity index (χ3n) is 3.08. The van der Waals surface area contributed by atoms with Gasteiger partial charge in [-0.15, -0.1) is 0 Å². The van der Waals surface area contributed by atoms with E-state index in [0.29, 0.717) is 17.9 Å². The van der Waals surface area contributed by atoms with Gasteiger partial charge in [-0.3, -0.25) is 9.78 Å². The van der Waals surface area contributed by atoms with Crippen LogP contribution in [0.4, 0.5) is 5.82 Å². The van der Waals surface area contributed by atoms with Crippen LogP contribution in [0.5, 0.6) is 0 Å². The average molecular weight is 285 g/mol. The Bertz CT molecular complexity index is 587. The van der Waals surface area contributed by atoms with Crippen LogP contribution in [0.3, 0.4) is 0 Å². The maximum Gasteiger partial charge on any atom is 0.323 e. The Morgan fingerprint density at radius 3 is 2.68 bits per heavy atom. The molecular formula is C11H15N3O4S. The van der Waals surface area contributed by atoms with Crippen LogP contribution in [0.1, 0.15) is 12.1 Å². The summed E-state index contributed by atoms with van der Waals surface area (Å²) >= 11 is 0. The van der Waals surface area contributed by atoms with Crippen molar-refractivity contribution in [2.24, 2.45) is 0 Å². The van der Waals surface area contributed by atoms with E-state index < -0.39 is 15.8 Å². The SMILES string of the molecule is Cc1nccnc1N(CC(=O)O)C1CCS(=O)(=O)C1. The fourth-order valence-electron chi connectivity index (χ4n) is 2.23. The number of carboxylic acids is 1. The molecule has 0 amide bonds. The number of hydrogen-bond donors (Lipinski definition) is 1. The highest BCUT2D eigenvalue weighted by Crippen LogP contribution is 2.24. The zero-order chi connectivity index (χ0) is 14.0. The molecule has 104 valence electrons. The Morgan fingerprint density at radius 2 is 2.16 bits per heavy atom. The zero-order valence-electron chi connectivity index (χ0n) is 10.5. The number of anilines is 1. The molecule has 1 aromatic heterocycles. The van der Waals surface area contributed by atoms with Gasteiger partial charge in [0.15, 0.2) is 15.7 Å². The average Bonchev–Trinajstić information content (AvgIpc) is 2.67. The van der Waals surface area contributed by atoms with Crippen LogP contribution in [0.2, 0.25) is 0 Å². The summed E-state index contributed by atoms with van der Waals surface area (Å²) in [6.45, 7) is 1.44. The van der Waals surface area contributed by atoms with Gasteiger partial charge in [0.25, 0.3) is 0 Å². The Morgan fingerprint density at radius 1 is 1.47 bits per heavy atom. The predicted octanol–water partition coefficient (Wildman–Crippen LogP) is -0.137. The van der Waals surface area contributed by atoms with Gasteiger partial charge in [-0.1, -0.05) is 0 Å². The maximum atomic E-state index is 11.5. The topological polar surface area (TPSA) is 100 Å². The highest BCUT2D eigenvalue weighted by molar-refractivity contribution is 7.91. The minimum absolute atomic E-state index is 0.0315. The maximum absolute atomic E-state index is 11.5. The predicted molar refractivity (Wildman–Crippen MR) is 68.8 cm³/mol. The molecule has 2 heterocycles. The Hall–Kier alpha value is -1.70. The van der Waals surface area contributed by atoms with Crippen molar-refractivity contribution in [3.05, 3.63) is 18.1 Å². The largest absolute Gasteiger partial charge is 0.480 e. The summed E-state index contributed by atoms with van der Waals surface area (Å²) in [7, 11) is -3.08. The first-order chi connectivity index (χ1) is 8.89. The summed E-state index contributed by atoms with van der Waals surface area (Å²) in [5.74, 6) is -0.523. The summed E-state index contributed by atoms with van der Waals surface area (Å²) in [5, 5.41) is 8.99. The molecule has 1 saturated heterocycles. The lowest BCUT2D eigenvalue weighted by Gasteiger charge is -2.28. The molecule has 1 aromatic rings. The number of aliphatic carboxylic acids is 1. The molecule has 1 aliphatic heterocycles. The molecule has 1 unspecified atom stereocenters. The van der Waals surface area contributed by atoms with E-state index in [2.05, 4.69) is 9.97 Å². The van der Waals surface area contributed by atoms with E-state index in [1.54, 1.807) is 6.92 Å². The molecule has 19 heavy (non-hydrogen) atoms. The van der Waals surface area contributed by atoms with E-state index in [0.717, 1.165) is 0 Å². The van der Waals surface area contributed by atoms with Crippen molar-refractivity contribution in [2.75, 3.05) is 23.0 Å². The van der Waals surface area contributed by atoms with E-state index in [-0.39, 0.29) is 24.1 Å². The molecule has 1 N–H and O–H groups in total. The van der Waals surface area contributed by atoms with Gasteiger partial charge in [0, 0.05) is 18.4 Å². The van der Waals surface area contributed by atoms with Crippen molar-refractivity contribution in [3.63, 3.8) is 0 Å². The molecule has 0 bridgehead atoms. The lowest BCUT2D eigenvalue weighted by Crippen LogP contribution is -2.41. The van der Waals surface area contributed by atoms with Crippen LogP contribution in [-0.4, -0.2) is 53.6 Å². The Balaban J connectivity index is 2.32. The fraction of sp³-hybridized carbons (Fsp3) is 0.545. The van der Waals surface area contributed by atoms with Gasteiger partial charge in [0.1, 0.15) is 6.54 Å². The summed E-state index contributed by atoms with van der Waals surface area (Å²) in [5.41, 5.74) is 0.591. The lowest BCUT2D eigenvalue weighted by molar-refractivity contribution is -0.135. The minimum Gasteiger partial charge on any atom is -0.480 e. The molecule has 1 aliphatic rings. The fourth-order valence-corrected chi connectivity index (χ4v) is 3.96. The lowest BCUT2D eigenvalue weighted by atomic mass is 10.2. The van der Waals surface area contributed by atoms with Crippen LogP contribution in [0, 0.1) is 6.92 Å². The van der Waals surface area contributed by atoms with E-state index in [9.17, 15) is 13.2 Å². The van der Waals surface area contributed by atoms with E-state index >= 15 is 0 Å². The molecule has 0 aliphatic carbocycles. The van der Waals surface area contributed by atoms with Crippen molar-refractivity contribution >= 4 is 21.6 Å². The normalized spacial score (nSPS) is 21.2. The number of sulfone groups is 1. The zero-order valence-corrected chi connectivity index (χ0v) is 11.3. The van der Waals surface area contributed by atoms with Gasteiger partial charge >= 0.3 is 5.97 Å². The van der Waals surface area contributed by atoms with Crippen LogP contribution in [-0.2, 0) is 14.6 Å². The summed E-state index contributed by atoms with van der Waals surface area (Å²) in [6.07, 6.45) is 3.41. The number of aromatic nitrogens is 2. The van der Waals surface area contributed by atoms with Gasteiger partial charge in [0.05, 0.1) is 17.2 Å². The number of carboxylic acid groups (broad SMARTS) is 1. The number of carbonyl (C=O) groups is 1. The van der Waals surface area contributed by atoms with Crippen molar-refractivity contribution < 1.29 is 18.3 Å². The van der Waals surface area contributed by atoms with Crippen molar-refractivity contribution in [3.8, 4) is 0 Å². The second-order valence-corrected chi connectivity index (χ2v) is 6.77. The van der Waals surface area contributed by atoms with Gasteiger partial charge in [0.2, 0.25) is 0 Å². The molecule has 2 rings (SSSR count). The van der Waals surface area contributed by atoms with Crippen LogP contribution >= 0.6 is 0 Å². The van der Waals surface area contributed by atoms with Crippen molar-refractivity contribution in [2.45, 2.75) is 19.4 Å². The highest BCUT2D eigenvalue weighted by atomic mass is 32.2. The monoisotopic (exact) mass is 285 g/mol. The molecule has 0 aromatic carbocycles. The Labute approximate surface area is 111 Å². The van der Waals surface area contributed by atoms with Crippen LogP contribution in [0.25, 0.3) is 0 Å². The number of rotatable bonds is 4. The van der Waals surface area contributed by atoms with Crippen molar-refractivity contribution in [1.29, 1.82) is 0 Å². The molecule has 0 saturated carbocycles. The van der Waals surface area contributed by atoms with Gasteiger partial charge in [-0.25, -0.2) is 13.4 Å². The van der Waals surface area contributed by atoms with Crippen molar-refractivity contribution in [1.82, 2.24) is 9.97 Å². The molecule has 0 radical (unpaired) electrons. The van der Waals surface area contributed by atoms with Crippen LogP contribution < -0.4 is 4.90 Å². The van der Waals surface area contributed by atoms with Gasteiger partial charge < -0.3 is 10.0 Å². The molecule has 0 spiro atoms. The third-order valence-corrected chi connectivity index (χ3v) is 4.83. The van der Waals surface area contributed by atoms with E-state index in [1.165, 1.54) is 17.3 Å². The van der Waals surface area contributed by atoms with E-state index in [4.69, 9.17) is 5.11 Å². The first-order valence-electron chi connectivity index (χ1n) is 5.85. The first kappa shape index (κ1) is 13.7. The van der Waals surface area contributed by atoms with Gasteiger partial charge in [-0.2, -0.15) is 0 Å². The smallest absolute Gasteiger partial charge is 0.323 e.